The topological polar surface area (TPSA) is 56.8 Å². The van der Waals surface area contributed by atoms with Gasteiger partial charge in [-0.3, -0.25) is 0 Å². The van der Waals surface area contributed by atoms with Crippen LogP contribution in [0.4, 0.5) is 18.0 Å². The van der Waals surface area contributed by atoms with Crippen LogP contribution in [0, 0.1) is 6.92 Å². The van der Waals surface area contributed by atoms with Crippen molar-refractivity contribution in [3.63, 3.8) is 0 Å². The van der Waals surface area contributed by atoms with E-state index in [0.29, 0.717) is 17.1 Å². The first-order valence-corrected chi connectivity index (χ1v) is 6.40. The first-order chi connectivity index (χ1) is 10.2. The van der Waals surface area contributed by atoms with Crippen LogP contribution >= 0.6 is 0 Å². The number of benzene rings is 1. The van der Waals surface area contributed by atoms with E-state index in [-0.39, 0.29) is 0 Å². The Labute approximate surface area is 126 Å². The number of hydrogen-bond donors (Lipinski definition) is 1. The lowest BCUT2D eigenvalue weighted by Crippen LogP contribution is -2.31. The molecule has 1 aromatic carbocycles. The Morgan fingerprint density at radius 1 is 1.23 bits per heavy atom. The van der Waals surface area contributed by atoms with Crippen molar-refractivity contribution in [3.8, 4) is 11.5 Å². The van der Waals surface area contributed by atoms with Crippen LogP contribution in [0.5, 0.6) is 11.5 Å². The molecule has 0 aromatic heterocycles. The van der Waals surface area contributed by atoms with Gasteiger partial charge in [-0.1, -0.05) is 0 Å². The molecular formula is C14H18F3NO4. The Balaban J connectivity index is 2.81. The molecular weight excluding hydrogens is 303 g/mol. The second-order valence-electron chi connectivity index (χ2n) is 4.62. The van der Waals surface area contributed by atoms with Crippen LogP contribution < -0.4 is 14.8 Å². The molecule has 5 nitrogen and oxygen atoms in total. The largest absolute Gasteiger partial charge is 0.493 e. The number of carbonyl (C=O) groups excluding carboxylic acids is 1. The Morgan fingerprint density at radius 3 is 2.27 bits per heavy atom. The molecule has 0 saturated carbocycles. The first-order valence-electron chi connectivity index (χ1n) is 6.40. The first kappa shape index (κ1) is 17.9. The predicted octanol–water partition coefficient (Wildman–Crippen LogP) is 3.36. The molecule has 0 bridgehead atoms. The number of alkyl carbamates (subject to hydrolysis) is 1. The van der Waals surface area contributed by atoms with Crippen molar-refractivity contribution in [2.75, 3.05) is 20.8 Å². The molecule has 1 N–H and O–H groups in total. The number of aryl methyl sites for hydroxylation is 1. The van der Waals surface area contributed by atoms with Crippen molar-refractivity contribution < 1.29 is 32.2 Å². The summed E-state index contributed by atoms with van der Waals surface area (Å²) in [5.74, 6) is 0.982. The van der Waals surface area contributed by atoms with Crippen LogP contribution in [0.2, 0.25) is 0 Å². The third-order valence-corrected chi connectivity index (χ3v) is 2.94. The van der Waals surface area contributed by atoms with Gasteiger partial charge in [0.25, 0.3) is 0 Å². The van der Waals surface area contributed by atoms with Crippen LogP contribution in [0.3, 0.4) is 0 Å². The molecule has 1 rings (SSSR count). The Kier molecular flexibility index (Phi) is 5.90. The van der Waals surface area contributed by atoms with Gasteiger partial charge in [0.2, 0.25) is 0 Å². The highest BCUT2D eigenvalue weighted by atomic mass is 19.4. The minimum Gasteiger partial charge on any atom is -0.493 e. The minimum absolute atomic E-state index is 0.459. The van der Waals surface area contributed by atoms with E-state index >= 15 is 0 Å². The van der Waals surface area contributed by atoms with E-state index in [9.17, 15) is 18.0 Å². The van der Waals surface area contributed by atoms with Crippen LogP contribution in [-0.2, 0) is 4.74 Å². The summed E-state index contributed by atoms with van der Waals surface area (Å²) in [5.41, 5.74) is 1.47. The fourth-order valence-corrected chi connectivity index (χ4v) is 1.91. The van der Waals surface area contributed by atoms with Gasteiger partial charge in [0, 0.05) is 0 Å². The number of hydrogen-bond acceptors (Lipinski definition) is 4. The highest BCUT2D eigenvalue weighted by Gasteiger charge is 2.30. The van der Waals surface area contributed by atoms with Crippen molar-refractivity contribution in [2.45, 2.75) is 26.1 Å². The number of methoxy groups -OCH3 is 2. The van der Waals surface area contributed by atoms with Crippen LogP contribution in [0.25, 0.3) is 0 Å². The molecule has 22 heavy (non-hydrogen) atoms. The summed E-state index contributed by atoms with van der Waals surface area (Å²) < 4.78 is 50.4. The van der Waals surface area contributed by atoms with Gasteiger partial charge >= 0.3 is 12.3 Å². The molecule has 1 atom stereocenters. The summed E-state index contributed by atoms with van der Waals surface area (Å²) >= 11 is 0. The van der Waals surface area contributed by atoms with Crippen molar-refractivity contribution in [1.29, 1.82) is 0 Å². The molecule has 8 heteroatoms. The van der Waals surface area contributed by atoms with Gasteiger partial charge in [-0.25, -0.2) is 4.79 Å². The van der Waals surface area contributed by atoms with Gasteiger partial charge in [0.05, 0.1) is 20.3 Å². The average Bonchev–Trinajstić information content (AvgIpc) is 2.43. The summed E-state index contributed by atoms with van der Waals surface area (Å²) in [5, 5.41) is 2.34. The van der Waals surface area contributed by atoms with E-state index in [2.05, 4.69) is 10.1 Å². The molecule has 0 radical (unpaired) electrons. The quantitative estimate of drug-likeness (QED) is 0.903. The van der Waals surface area contributed by atoms with E-state index in [0.717, 1.165) is 5.56 Å². The van der Waals surface area contributed by atoms with Gasteiger partial charge in [0.15, 0.2) is 18.1 Å². The maximum Gasteiger partial charge on any atom is 0.422 e. The number of nitrogens with one attached hydrogen (secondary N) is 1. The SMILES string of the molecule is COc1cc(C)c([C@H](C)NC(=O)OCC(F)(F)F)cc1OC. The zero-order valence-electron chi connectivity index (χ0n) is 12.7. The average molecular weight is 321 g/mol. The third kappa shape index (κ3) is 5.01. The number of rotatable bonds is 5. The van der Waals surface area contributed by atoms with E-state index in [1.54, 1.807) is 26.0 Å². The molecule has 0 aliphatic heterocycles. The van der Waals surface area contributed by atoms with E-state index < -0.39 is 24.9 Å². The van der Waals surface area contributed by atoms with Gasteiger partial charge in [-0.15, -0.1) is 0 Å². The number of halogens is 3. The van der Waals surface area contributed by atoms with Gasteiger partial charge in [-0.05, 0) is 37.1 Å². The Bertz CT molecular complexity index is 532. The number of alkyl halides is 3. The third-order valence-electron chi connectivity index (χ3n) is 2.94. The number of amides is 1. The van der Waals surface area contributed by atoms with Crippen LogP contribution in [0.1, 0.15) is 24.1 Å². The molecule has 1 amide bonds. The van der Waals surface area contributed by atoms with Gasteiger partial charge in [0.1, 0.15) is 0 Å². The summed E-state index contributed by atoms with van der Waals surface area (Å²) in [6.45, 7) is 1.79. The lowest BCUT2D eigenvalue weighted by atomic mass is 10.0. The maximum absolute atomic E-state index is 12.0. The molecule has 0 unspecified atom stereocenters. The van der Waals surface area contributed by atoms with Crippen molar-refractivity contribution in [2.24, 2.45) is 0 Å². The molecule has 0 aliphatic rings. The summed E-state index contributed by atoms with van der Waals surface area (Å²) in [4.78, 5) is 11.4. The molecule has 0 fully saturated rings. The molecule has 0 saturated heterocycles. The van der Waals surface area contributed by atoms with Gasteiger partial charge < -0.3 is 19.5 Å². The predicted molar refractivity (Wildman–Crippen MR) is 73.2 cm³/mol. The lowest BCUT2D eigenvalue weighted by Gasteiger charge is -2.19. The highest BCUT2D eigenvalue weighted by Crippen LogP contribution is 2.32. The second kappa shape index (κ2) is 7.24. The zero-order chi connectivity index (χ0) is 16.9. The van der Waals surface area contributed by atoms with Crippen LogP contribution in [0.15, 0.2) is 12.1 Å². The minimum atomic E-state index is -4.56. The number of carbonyl (C=O) groups is 1. The van der Waals surface area contributed by atoms with Crippen molar-refractivity contribution in [3.05, 3.63) is 23.3 Å². The normalized spacial score (nSPS) is 12.5. The number of ether oxygens (including phenoxy) is 3. The highest BCUT2D eigenvalue weighted by molar-refractivity contribution is 5.68. The molecule has 0 aliphatic carbocycles. The zero-order valence-corrected chi connectivity index (χ0v) is 12.7. The smallest absolute Gasteiger partial charge is 0.422 e. The summed E-state index contributed by atoms with van der Waals surface area (Å²) in [6, 6.07) is 2.82. The van der Waals surface area contributed by atoms with E-state index in [1.165, 1.54) is 14.2 Å². The molecule has 124 valence electrons. The molecule has 0 spiro atoms. The second-order valence-corrected chi connectivity index (χ2v) is 4.62. The fraction of sp³-hybridized carbons (Fsp3) is 0.500. The standard InChI is InChI=1S/C14H18F3NO4/c1-8-5-11(20-3)12(21-4)6-10(8)9(2)18-13(19)22-7-14(15,16)17/h5-6,9H,7H2,1-4H3,(H,18,19)/t9-/m0/s1. The molecule has 0 heterocycles. The lowest BCUT2D eigenvalue weighted by molar-refractivity contribution is -0.160. The van der Waals surface area contributed by atoms with Crippen LogP contribution in [-0.4, -0.2) is 33.1 Å². The van der Waals surface area contributed by atoms with Gasteiger partial charge in [-0.2, -0.15) is 13.2 Å². The fourth-order valence-electron chi connectivity index (χ4n) is 1.91. The molecule has 1 aromatic rings. The van der Waals surface area contributed by atoms with Crippen molar-refractivity contribution >= 4 is 6.09 Å². The summed E-state index contributed by atoms with van der Waals surface area (Å²) in [7, 11) is 2.96. The monoisotopic (exact) mass is 321 g/mol. The Hall–Kier alpha value is -2.12. The van der Waals surface area contributed by atoms with E-state index in [4.69, 9.17) is 9.47 Å². The summed E-state index contributed by atoms with van der Waals surface area (Å²) in [6.07, 6.45) is -5.70. The maximum atomic E-state index is 12.0. The van der Waals surface area contributed by atoms with Crippen molar-refractivity contribution in [1.82, 2.24) is 5.32 Å². The Morgan fingerprint density at radius 2 is 1.77 bits per heavy atom. The van der Waals surface area contributed by atoms with E-state index in [1.807, 2.05) is 0 Å².